The lowest BCUT2D eigenvalue weighted by molar-refractivity contribution is 0.0766. The Morgan fingerprint density at radius 3 is 2.44 bits per heavy atom. The molecular formula is C25H30N4O4S. The summed E-state index contributed by atoms with van der Waals surface area (Å²) in [7, 11) is -2.38. The van der Waals surface area contributed by atoms with E-state index in [1.807, 2.05) is 12.1 Å². The Balaban J connectivity index is 1.50. The fourth-order valence-electron chi connectivity index (χ4n) is 4.65. The number of nitriles is 1. The third-order valence-electron chi connectivity index (χ3n) is 6.52. The number of amides is 1. The van der Waals surface area contributed by atoms with Gasteiger partial charge >= 0.3 is 0 Å². The predicted octanol–water partition coefficient (Wildman–Crippen LogP) is 3.14. The molecular weight excluding hydrogens is 452 g/mol. The number of carbonyl (C=O) groups excluding carboxylic acids is 1. The quantitative estimate of drug-likeness (QED) is 0.679. The lowest BCUT2D eigenvalue weighted by atomic mass is 10.2. The van der Waals surface area contributed by atoms with Crippen LogP contribution in [0.25, 0.3) is 0 Å². The first-order valence-corrected chi connectivity index (χ1v) is 13.1. The van der Waals surface area contributed by atoms with Crippen LogP contribution in [0.15, 0.2) is 47.4 Å². The van der Waals surface area contributed by atoms with Crippen LogP contribution in [0.3, 0.4) is 0 Å². The summed E-state index contributed by atoms with van der Waals surface area (Å²) in [4.78, 5) is 17.3. The first-order chi connectivity index (χ1) is 16.4. The minimum atomic E-state index is -3.81. The van der Waals surface area contributed by atoms with Gasteiger partial charge in [0.05, 0.1) is 18.7 Å². The van der Waals surface area contributed by atoms with Gasteiger partial charge in [0.2, 0.25) is 10.0 Å². The maximum Gasteiger partial charge on any atom is 0.253 e. The molecule has 2 aromatic carbocycles. The van der Waals surface area contributed by atoms with Gasteiger partial charge in [0.25, 0.3) is 5.91 Å². The molecule has 2 fully saturated rings. The molecule has 1 heterocycles. The van der Waals surface area contributed by atoms with Gasteiger partial charge in [-0.15, -0.1) is 0 Å². The number of rotatable bonds is 6. The smallest absolute Gasteiger partial charge is 0.253 e. The molecule has 1 amide bonds. The SMILES string of the molecule is COc1ccc(C(=O)N2CCCN(c3ccc(C#N)cc3)CC2)cc1S(=O)(=O)NC1CCCC1. The van der Waals surface area contributed by atoms with E-state index in [4.69, 9.17) is 10.00 Å². The second-order valence-electron chi connectivity index (χ2n) is 8.76. The molecule has 1 N–H and O–H groups in total. The van der Waals surface area contributed by atoms with E-state index in [-0.39, 0.29) is 22.6 Å². The van der Waals surface area contributed by atoms with Crippen molar-refractivity contribution in [1.82, 2.24) is 9.62 Å². The molecule has 34 heavy (non-hydrogen) atoms. The molecule has 8 nitrogen and oxygen atoms in total. The van der Waals surface area contributed by atoms with E-state index < -0.39 is 10.0 Å². The van der Waals surface area contributed by atoms with Crippen molar-refractivity contribution < 1.29 is 17.9 Å². The van der Waals surface area contributed by atoms with Crippen LogP contribution < -0.4 is 14.4 Å². The molecule has 2 aromatic rings. The molecule has 180 valence electrons. The number of benzene rings is 2. The van der Waals surface area contributed by atoms with Crippen LogP contribution in [-0.4, -0.2) is 58.6 Å². The molecule has 0 unspecified atom stereocenters. The lowest BCUT2D eigenvalue weighted by Gasteiger charge is -2.24. The molecule has 9 heteroatoms. The second kappa shape index (κ2) is 10.5. The van der Waals surface area contributed by atoms with E-state index >= 15 is 0 Å². The molecule has 1 saturated carbocycles. The van der Waals surface area contributed by atoms with Gasteiger partial charge in [0.15, 0.2) is 0 Å². The van der Waals surface area contributed by atoms with Gasteiger partial charge < -0.3 is 14.5 Å². The van der Waals surface area contributed by atoms with E-state index in [1.165, 1.54) is 13.2 Å². The summed E-state index contributed by atoms with van der Waals surface area (Å²) in [5, 5.41) is 9.00. The summed E-state index contributed by atoms with van der Waals surface area (Å²) < 4.78 is 34.2. The van der Waals surface area contributed by atoms with Crippen LogP contribution in [0.4, 0.5) is 5.69 Å². The number of anilines is 1. The number of carbonyl (C=O) groups is 1. The topological polar surface area (TPSA) is 103 Å². The fraction of sp³-hybridized carbons (Fsp3) is 0.440. The molecule has 0 bridgehead atoms. The highest BCUT2D eigenvalue weighted by atomic mass is 32.2. The number of methoxy groups -OCH3 is 1. The molecule has 0 aromatic heterocycles. The van der Waals surface area contributed by atoms with Crippen LogP contribution in [0.5, 0.6) is 5.75 Å². The Morgan fingerprint density at radius 2 is 1.76 bits per heavy atom. The zero-order valence-corrected chi connectivity index (χ0v) is 20.2. The monoisotopic (exact) mass is 482 g/mol. The highest BCUT2D eigenvalue weighted by Crippen LogP contribution is 2.28. The Kier molecular flexibility index (Phi) is 7.39. The van der Waals surface area contributed by atoms with Crippen molar-refractivity contribution in [3.63, 3.8) is 0 Å². The highest BCUT2D eigenvalue weighted by molar-refractivity contribution is 7.89. The van der Waals surface area contributed by atoms with Crippen molar-refractivity contribution in [2.45, 2.75) is 43.0 Å². The number of sulfonamides is 1. The van der Waals surface area contributed by atoms with E-state index in [9.17, 15) is 13.2 Å². The zero-order valence-electron chi connectivity index (χ0n) is 19.4. The average Bonchev–Trinajstić information content (AvgIpc) is 3.23. The van der Waals surface area contributed by atoms with Crippen LogP contribution in [0.1, 0.15) is 48.0 Å². The summed E-state index contributed by atoms with van der Waals surface area (Å²) in [6.45, 7) is 2.55. The number of hydrogen-bond acceptors (Lipinski definition) is 6. The standard InChI is InChI=1S/C25H30N4O4S/c1-33-23-12-9-20(17-24(23)34(31,32)27-21-5-2-3-6-21)25(30)29-14-4-13-28(15-16-29)22-10-7-19(18-26)8-11-22/h7-12,17,21,27H,2-6,13-16H2,1H3. The van der Waals surface area contributed by atoms with Crippen LogP contribution in [0.2, 0.25) is 0 Å². The van der Waals surface area contributed by atoms with Crippen molar-refractivity contribution in [2.75, 3.05) is 38.2 Å². The predicted molar refractivity (Wildman–Crippen MR) is 129 cm³/mol. The number of nitrogens with zero attached hydrogens (tertiary/aromatic N) is 3. The van der Waals surface area contributed by atoms with E-state index in [1.54, 1.807) is 29.2 Å². The molecule has 4 rings (SSSR count). The third kappa shape index (κ3) is 5.34. The molecule has 1 saturated heterocycles. The molecule has 1 aliphatic heterocycles. The molecule has 2 aliphatic rings. The molecule has 0 atom stereocenters. The number of hydrogen-bond donors (Lipinski definition) is 1. The van der Waals surface area contributed by atoms with Gasteiger partial charge in [-0.25, -0.2) is 13.1 Å². The Bertz CT molecular complexity index is 1170. The van der Waals surface area contributed by atoms with Gasteiger partial charge in [0.1, 0.15) is 10.6 Å². The highest BCUT2D eigenvalue weighted by Gasteiger charge is 2.28. The molecule has 0 radical (unpaired) electrons. The number of ether oxygens (including phenoxy) is 1. The lowest BCUT2D eigenvalue weighted by Crippen LogP contribution is -2.36. The summed E-state index contributed by atoms with van der Waals surface area (Å²) in [5.41, 5.74) is 1.96. The normalized spacial score (nSPS) is 17.3. The Hall–Kier alpha value is -3.09. The van der Waals surface area contributed by atoms with Crippen molar-refractivity contribution >= 4 is 21.6 Å². The minimum absolute atomic E-state index is 0.00165. The van der Waals surface area contributed by atoms with Gasteiger partial charge in [-0.3, -0.25) is 4.79 Å². The van der Waals surface area contributed by atoms with Crippen molar-refractivity contribution in [2.24, 2.45) is 0 Å². The Labute approximate surface area is 201 Å². The van der Waals surface area contributed by atoms with E-state index in [0.29, 0.717) is 30.8 Å². The Morgan fingerprint density at radius 1 is 1.03 bits per heavy atom. The fourth-order valence-corrected chi connectivity index (χ4v) is 6.15. The van der Waals surface area contributed by atoms with Gasteiger partial charge in [-0.1, -0.05) is 12.8 Å². The average molecular weight is 483 g/mol. The van der Waals surface area contributed by atoms with Crippen molar-refractivity contribution in [1.29, 1.82) is 5.26 Å². The van der Waals surface area contributed by atoms with Crippen LogP contribution in [0, 0.1) is 11.3 Å². The zero-order chi connectivity index (χ0) is 24.1. The van der Waals surface area contributed by atoms with Gasteiger partial charge in [0, 0.05) is 43.5 Å². The second-order valence-corrected chi connectivity index (χ2v) is 10.4. The maximum absolute atomic E-state index is 13.3. The third-order valence-corrected chi connectivity index (χ3v) is 8.06. The maximum atomic E-state index is 13.3. The molecule has 0 spiro atoms. The largest absolute Gasteiger partial charge is 0.495 e. The summed E-state index contributed by atoms with van der Waals surface area (Å²) in [5.74, 6) is 0.0338. The number of nitrogens with one attached hydrogen (secondary N) is 1. The van der Waals surface area contributed by atoms with Gasteiger partial charge in [-0.05, 0) is 61.7 Å². The van der Waals surface area contributed by atoms with Crippen molar-refractivity contribution in [3.05, 3.63) is 53.6 Å². The first-order valence-electron chi connectivity index (χ1n) is 11.7. The summed E-state index contributed by atoms with van der Waals surface area (Å²) in [6.07, 6.45) is 4.46. The minimum Gasteiger partial charge on any atom is -0.495 e. The summed E-state index contributed by atoms with van der Waals surface area (Å²) in [6, 6.07) is 14.1. The van der Waals surface area contributed by atoms with Crippen LogP contribution >= 0.6 is 0 Å². The summed E-state index contributed by atoms with van der Waals surface area (Å²) >= 11 is 0. The van der Waals surface area contributed by atoms with Crippen LogP contribution in [-0.2, 0) is 10.0 Å². The van der Waals surface area contributed by atoms with Crippen molar-refractivity contribution in [3.8, 4) is 11.8 Å². The van der Waals surface area contributed by atoms with E-state index in [2.05, 4.69) is 15.7 Å². The molecule has 1 aliphatic carbocycles. The van der Waals surface area contributed by atoms with E-state index in [0.717, 1.165) is 44.3 Å². The first kappa shape index (κ1) is 24.0. The van der Waals surface area contributed by atoms with Gasteiger partial charge in [-0.2, -0.15) is 5.26 Å².